The molecule has 0 bridgehead atoms. The van der Waals surface area contributed by atoms with Crippen molar-refractivity contribution in [3.8, 4) is 0 Å². The molecule has 0 aromatic carbocycles. The summed E-state index contributed by atoms with van der Waals surface area (Å²) in [5, 5.41) is 32.4. The van der Waals surface area contributed by atoms with E-state index < -0.39 is 48.5 Å². The summed E-state index contributed by atoms with van der Waals surface area (Å²) in [6, 6.07) is 0. The molecule has 0 aromatic heterocycles. The number of likely N-dealkylation sites (tertiary alicyclic amines) is 1. The maximum absolute atomic E-state index is 13.1. The maximum Gasteiger partial charge on any atom is 0.233 e. The van der Waals surface area contributed by atoms with E-state index >= 15 is 0 Å². The molecule has 0 radical (unpaired) electrons. The van der Waals surface area contributed by atoms with Crippen molar-refractivity contribution in [1.29, 1.82) is 0 Å². The first-order chi connectivity index (χ1) is 14.7. The Labute approximate surface area is 181 Å². The van der Waals surface area contributed by atoms with E-state index in [0.29, 0.717) is 6.42 Å². The monoisotopic (exact) mass is 440 g/mol. The zero-order valence-corrected chi connectivity index (χ0v) is 18.0. The number of amides is 3. The maximum atomic E-state index is 13.1. The van der Waals surface area contributed by atoms with Crippen LogP contribution < -0.4 is 5.32 Å². The van der Waals surface area contributed by atoms with Gasteiger partial charge in [0.25, 0.3) is 0 Å². The molecular weight excluding hydrogens is 408 g/mol. The number of aliphatic hydroxyl groups excluding tert-OH is 3. The lowest BCUT2D eigenvalue weighted by atomic mass is 9.72. The van der Waals surface area contributed by atoms with E-state index in [4.69, 9.17) is 9.47 Å². The predicted octanol–water partition coefficient (Wildman–Crippen LogP) is -1.22. The van der Waals surface area contributed by atoms with E-state index in [-0.39, 0.29) is 43.2 Å². The lowest BCUT2D eigenvalue weighted by molar-refractivity contribution is -0.295. The summed E-state index contributed by atoms with van der Waals surface area (Å²) in [5.74, 6) is -2.30. The first kappa shape index (κ1) is 23.8. The molecule has 2 saturated heterocycles. The number of nitrogens with zero attached hydrogens (tertiary/aromatic N) is 1. The van der Waals surface area contributed by atoms with E-state index in [1.54, 1.807) is 6.92 Å². The molecule has 2 aliphatic heterocycles. The number of nitrogens with one attached hydrogen (secondary N) is 1. The Morgan fingerprint density at radius 1 is 1.10 bits per heavy atom. The van der Waals surface area contributed by atoms with Gasteiger partial charge in [0, 0.05) is 25.9 Å². The molecule has 3 rings (SSSR count). The van der Waals surface area contributed by atoms with Gasteiger partial charge in [-0.25, -0.2) is 0 Å². The fourth-order valence-corrected chi connectivity index (χ4v) is 4.59. The van der Waals surface area contributed by atoms with Crippen LogP contribution in [0.1, 0.15) is 26.7 Å². The van der Waals surface area contributed by atoms with Gasteiger partial charge in [0.2, 0.25) is 17.7 Å². The van der Waals surface area contributed by atoms with Crippen LogP contribution in [0.5, 0.6) is 0 Å². The molecule has 9 atom stereocenters. The quantitative estimate of drug-likeness (QED) is 0.285. The highest BCUT2D eigenvalue weighted by Crippen LogP contribution is 2.42. The molecule has 0 aromatic rings. The predicted molar refractivity (Wildman–Crippen MR) is 107 cm³/mol. The van der Waals surface area contributed by atoms with Crippen molar-refractivity contribution in [3.05, 3.63) is 12.2 Å². The van der Waals surface area contributed by atoms with Crippen molar-refractivity contribution < 1.29 is 39.2 Å². The second kappa shape index (κ2) is 9.74. The topological polar surface area (TPSA) is 146 Å². The zero-order chi connectivity index (χ0) is 22.9. The van der Waals surface area contributed by atoms with E-state index in [2.05, 4.69) is 5.32 Å². The van der Waals surface area contributed by atoms with Crippen molar-refractivity contribution in [2.24, 2.45) is 23.7 Å². The zero-order valence-electron chi connectivity index (χ0n) is 18.0. The van der Waals surface area contributed by atoms with Crippen LogP contribution in [0.25, 0.3) is 0 Å². The lowest BCUT2D eigenvalue weighted by Crippen LogP contribution is -2.57. The third-order valence-corrected chi connectivity index (χ3v) is 6.50. The highest BCUT2D eigenvalue weighted by Gasteiger charge is 2.53. The summed E-state index contributed by atoms with van der Waals surface area (Å²) in [6.07, 6.45) is -1.62. The molecule has 10 heteroatoms. The van der Waals surface area contributed by atoms with Crippen LogP contribution in [0.15, 0.2) is 12.2 Å². The van der Waals surface area contributed by atoms with Crippen LogP contribution in [0, 0.1) is 23.7 Å². The average molecular weight is 440 g/mol. The number of hydrogen-bond acceptors (Lipinski definition) is 8. The second-order valence-corrected chi connectivity index (χ2v) is 8.58. The van der Waals surface area contributed by atoms with E-state index in [0.717, 1.165) is 0 Å². The number of carbonyl (C=O) groups excluding carboxylic acids is 3. The molecule has 2 fully saturated rings. The van der Waals surface area contributed by atoms with Gasteiger partial charge in [-0.3, -0.25) is 19.3 Å². The van der Waals surface area contributed by atoms with Gasteiger partial charge in [-0.2, -0.15) is 0 Å². The second-order valence-electron chi connectivity index (χ2n) is 8.58. The van der Waals surface area contributed by atoms with Gasteiger partial charge in [-0.15, -0.1) is 0 Å². The summed E-state index contributed by atoms with van der Waals surface area (Å²) >= 11 is 0. The van der Waals surface area contributed by atoms with Crippen molar-refractivity contribution in [2.75, 3.05) is 20.2 Å². The summed E-state index contributed by atoms with van der Waals surface area (Å²) < 4.78 is 11.1. The molecule has 3 aliphatic rings. The summed E-state index contributed by atoms with van der Waals surface area (Å²) in [6.45, 7) is 3.64. The molecule has 1 aliphatic carbocycles. The summed E-state index contributed by atoms with van der Waals surface area (Å²) in [5.41, 5.74) is 0. The van der Waals surface area contributed by atoms with Gasteiger partial charge < -0.3 is 30.1 Å². The number of imide groups is 1. The SMILES string of the molecule is CNC(=O)CCCN1C(=O)C2C(C)C=CC(CO[C@@H]3OC(C)[C@H](O)[C@H](O)C3O)C2C1=O. The number of aliphatic hydroxyl groups is 3. The number of ether oxygens (including phenoxy) is 2. The Kier molecular flexibility index (Phi) is 7.48. The molecule has 174 valence electrons. The van der Waals surface area contributed by atoms with Gasteiger partial charge in [0.15, 0.2) is 6.29 Å². The summed E-state index contributed by atoms with van der Waals surface area (Å²) in [7, 11) is 1.54. The van der Waals surface area contributed by atoms with Crippen molar-refractivity contribution in [3.63, 3.8) is 0 Å². The van der Waals surface area contributed by atoms with E-state index in [9.17, 15) is 29.7 Å². The van der Waals surface area contributed by atoms with Crippen LogP contribution in [-0.2, 0) is 23.9 Å². The highest BCUT2D eigenvalue weighted by molar-refractivity contribution is 6.05. The smallest absolute Gasteiger partial charge is 0.233 e. The molecule has 4 N–H and O–H groups in total. The van der Waals surface area contributed by atoms with Crippen molar-refractivity contribution >= 4 is 17.7 Å². The number of fused-ring (bicyclic) bond motifs is 1. The molecule has 10 nitrogen and oxygen atoms in total. The minimum absolute atomic E-state index is 0.00670. The first-order valence-electron chi connectivity index (χ1n) is 10.7. The van der Waals surface area contributed by atoms with Crippen LogP contribution in [0.2, 0.25) is 0 Å². The highest BCUT2D eigenvalue weighted by atomic mass is 16.7. The van der Waals surface area contributed by atoms with Crippen molar-refractivity contribution in [2.45, 2.75) is 57.4 Å². The Hall–Kier alpha value is -1.85. The Bertz CT molecular complexity index is 728. The fraction of sp³-hybridized carbons (Fsp3) is 0.762. The molecular formula is C21H32N2O8. The van der Waals surface area contributed by atoms with Gasteiger partial charge in [-0.05, 0) is 19.3 Å². The minimum atomic E-state index is -1.43. The molecule has 2 heterocycles. The van der Waals surface area contributed by atoms with Crippen molar-refractivity contribution in [1.82, 2.24) is 10.2 Å². The van der Waals surface area contributed by atoms with E-state index in [1.807, 2.05) is 19.1 Å². The number of allylic oxidation sites excluding steroid dienone is 1. The number of hydrogen-bond donors (Lipinski definition) is 4. The van der Waals surface area contributed by atoms with Crippen LogP contribution in [0.3, 0.4) is 0 Å². The largest absolute Gasteiger partial charge is 0.388 e. The lowest BCUT2D eigenvalue weighted by Gasteiger charge is -2.40. The Morgan fingerprint density at radius 3 is 2.45 bits per heavy atom. The van der Waals surface area contributed by atoms with Crippen LogP contribution >= 0.6 is 0 Å². The van der Waals surface area contributed by atoms with Gasteiger partial charge >= 0.3 is 0 Å². The third kappa shape index (κ3) is 4.68. The molecule has 0 saturated carbocycles. The Balaban J connectivity index is 1.66. The molecule has 0 spiro atoms. The number of carbonyl (C=O) groups is 3. The standard InChI is InChI=1S/C21H32N2O8/c1-10-6-7-12(9-30-21-18(27)17(26)16(25)11(2)31-21)15-14(10)19(28)23(20(15)29)8-4-5-13(24)22-3/h6-7,10-12,14-18,21,25-27H,4-5,8-9H2,1-3H3,(H,22,24)/t10?,11?,12?,14?,15?,16-,17-,18?,21+/m0/s1. The first-order valence-corrected chi connectivity index (χ1v) is 10.7. The Morgan fingerprint density at radius 2 is 1.77 bits per heavy atom. The molecule has 6 unspecified atom stereocenters. The normalized spacial score (nSPS) is 40.2. The summed E-state index contributed by atoms with van der Waals surface area (Å²) in [4.78, 5) is 38.7. The number of rotatable bonds is 7. The fourth-order valence-electron chi connectivity index (χ4n) is 4.59. The average Bonchev–Trinajstić information content (AvgIpc) is 3.00. The van der Waals surface area contributed by atoms with Gasteiger partial charge in [0.1, 0.15) is 18.3 Å². The third-order valence-electron chi connectivity index (χ3n) is 6.50. The van der Waals surface area contributed by atoms with Gasteiger partial charge in [0.05, 0.1) is 24.5 Å². The van der Waals surface area contributed by atoms with E-state index in [1.165, 1.54) is 11.9 Å². The molecule has 3 amide bonds. The van der Waals surface area contributed by atoms with Gasteiger partial charge in [-0.1, -0.05) is 19.1 Å². The van der Waals surface area contributed by atoms with Crippen LogP contribution in [0.4, 0.5) is 0 Å². The van der Waals surface area contributed by atoms with Crippen LogP contribution in [-0.4, -0.2) is 88.8 Å². The molecule has 31 heavy (non-hydrogen) atoms. The minimum Gasteiger partial charge on any atom is -0.388 e.